The first-order chi connectivity index (χ1) is 11.7. The number of carbonyl (C=O) groups is 1. The number of carbonyl (C=O) groups excluding carboxylic acids is 1. The maximum absolute atomic E-state index is 12.4. The minimum atomic E-state index is 0. The molecule has 1 aliphatic rings. The van der Waals surface area contributed by atoms with Crippen molar-refractivity contribution in [2.75, 3.05) is 38.1 Å². The predicted molar refractivity (Wildman–Crippen MR) is 104 cm³/mol. The summed E-state index contributed by atoms with van der Waals surface area (Å²) < 4.78 is 3.44. The minimum Gasteiger partial charge on any atom is -0.354 e. The molecule has 0 spiro atoms. The summed E-state index contributed by atoms with van der Waals surface area (Å²) in [6.07, 6.45) is 6.73. The van der Waals surface area contributed by atoms with Crippen LogP contribution in [-0.2, 0) is 18.4 Å². The van der Waals surface area contributed by atoms with Gasteiger partial charge in [0.05, 0.1) is 18.4 Å². The number of nitrogens with zero attached hydrogens (tertiary/aromatic N) is 8. The maximum Gasteiger partial charge on any atom is 0.246 e. The molecule has 3 heterocycles. The van der Waals surface area contributed by atoms with Crippen molar-refractivity contribution in [1.82, 2.24) is 34.8 Å². The molecular formula is C14H22IN9O. The molecule has 10 nitrogen and oxygen atoms in total. The Balaban J connectivity index is 0.00000225. The molecule has 0 bridgehead atoms. The summed E-state index contributed by atoms with van der Waals surface area (Å²) in [5.41, 5.74) is 0.830. The Hall–Kier alpha value is -2.18. The van der Waals surface area contributed by atoms with Crippen molar-refractivity contribution in [3.05, 3.63) is 25.0 Å². The van der Waals surface area contributed by atoms with E-state index in [2.05, 4.69) is 25.5 Å². The van der Waals surface area contributed by atoms with E-state index in [0.717, 1.165) is 5.69 Å². The molecule has 0 radical (unpaired) electrons. The zero-order chi connectivity index (χ0) is 16.9. The predicted octanol–water partition coefficient (Wildman–Crippen LogP) is -0.446. The molecule has 1 aliphatic heterocycles. The van der Waals surface area contributed by atoms with Gasteiger partial charge < -0.3 is 15.1 Å². The van der Waals surface area contributed by atoms with Crippen LogP contribution in [0.25, 0.3) is 0 Å². The van der Waals surface area contributed by atoms with Crippen molar-refractivity contribution < 1.29 is 4.79 Å². The standard InChI is InChI=1S/C14H21N9O.HI/c1-15-14(17-3-4-22-11-16-10-19-22)21-5-6-23(13(24)9-21)12-7-18-20(2)8-12;/h7-8,10-11H,3-6,9H2,1-2H3,(H,15,17);1H. The number of aryl methyl sites for hydroxylation is 1. The molecule has 2 aromatic heterocycles. The van der Waals surface area contributed by atoms with E-state index >= 15 is 0 Å². The second kappa shape index (κ2) is 8.78. The monoisotopic (exact) mass is 459 g/mol. The van der Waals surface area contributed by atoms with Crippen molar-refractivity contribution in [2.24, 2.45) is 12.0 Å². The van der Waals surface area contributed by atoms with Crippen molar-refractivity contribution in [1.29, 1.82) is 0 Å². The SMILES string of the molecule is CN=C(NCCn1cncn1)N1CCN(c2cnn(C)c2)C(=O)C1.I. The van der Waals surface area contributed by atoms with E-state index in [0.29, 0.717) is 32.1 Å². The molecule has 2 aromatic rings. The Morgan fingerprint density at radius 1 is 1.36 bits per heavy atom. The van der Waals surface area contributed by atoms with E-state index in [1.165, 1.54) is 6.33 Å². The average Bonchev–Trinajstić information content (AvgIpc) is 3.23. The van der Waals surface area contributed by atoms with Crippen LogP contribution in [0.1, 0.15) is 0 Å². The molecular weight excluding hydrogens is 437 g/mol. The van der Waals surface area contributed by atoms with Crippen LogP contribution in [0.4, 0.5) is 5.69 Å². The van der Waals surface area contributed by atoms with Gasteiger partial charge in [0.25, 0.3) is 0 Å². The number of halogens is 1. The Morgan fingerprint density at radius 3 is 2.80 bits per heavy atom. The second-order valence-electron chi connectivity index (χ2n) is 5.47. The van der Waals surface area contributed by atoms with Gasteiger partial charge in [-0.15, -0.1) is 24.0 Å². The lowest BCUT2D eigenvalue weighted by molar-refractivity contribution is -0.120. The van der Waals surface area contributed by atoms with Gasteiger partial charge in [-0.1, -0.05) is 0 Å². The fourth-order valence-electron chi connectivity index (χ4n) is 2.64. The molecule has 0 aromatic carbocycles. The second-order valence-corrected chi connectivity index (χ2v) is 5.47. The lowest BCUT2D eigenvalue weighted by Gasteiger charge is -2.35. The summed E-state index contributed by atoms with van der Waals surface area (Å²) in [5, 5.41) is 11.4. The van der Waals surface area contributed by atoms with Crippen LogP contribution in [0.5, 0.6) is 0 Å². The number of guanidine groups is 1. The molecule has 0 saturated carbocycles. The molecule has 25 heavy (non-hydrogen) atoms. The van der Waals surface area contributed by atoms with Crippen LogP contribution in [0.2, 0.25) is 0 Å². The molecule has 11 heteroatoms. The van der Waals surface area contributed by atoms with Gasteiger partial charge in [0.15, 0.2) is 5.96 Å². The van der Waals surface area contributed by atoms with E-state index < -0.39 is 0 Å². The molecule has 1 N–H and O–H groups in total. The highest BCUT2D eigenvalue weighted by molar-refractivity contribution is 14.0. The van der Waals surface area contributed by atoms with Crippen LogP contribution < -0.4 is 10.2 Å². The van der Waals surface area contributed by atoms with E-state index in [1.807, 2.05) is 18.1 Å². The molecule has 136 valence electrons. The van der Waals surface area contributed by atoms with Gasteiger partial charge in [-0.25, -0.2) is 4.98 Å². The van der Waals surface area contributed by atoms with Crippen molar-refractivity contribution in [2.45, 2.75) is 6.54 Å². The van der Waals surface area contributed by atoms with E-state index in [4.69, 9.17) is 0 Å². The highest BCUT2D eigenvalue weighted by Crippen LogP contribution is 2.15. The molecule has 3 rings (SSSR count). The summed E-state index contributed by atoms with van der Waals surface area (Å²) in [6.45, 7) is 2.95. The lowest BCUT2D eigenvalue weighted by atomic mass is 10.3. The highest BCUT2D eigenvalue weighted by atomic mass is 127. The lowest BCUT2D eigenvalue weighted by Crippen LogP contribution is -2.55. The number of piperazine rings is 1. The van der Waals surface area contributed by atoms with Gasteiger partial charge in [0.2, 0.25) is 5.91 Å². The highest BCUT2D eigenvalue weighted by Gasteiger charge is 2.27. The Bertz CT molecular complexity index is 712. The average molecular weight is 459 g/mol. The topological polar surface area (TPSA) is 96.5 Å². The van der Waals surface area contributed by atoms with Gasteiger partial charge in [-0.2, -0.15) is 10.2 Å². The van der Waals surface area contributed by atoms with Crippen LogP contribution in [0, 0.1) is 0 Å². The number of rotatable bonds is 4. The Kier molecular flexibility index (Phi) is 6.73. The number of amides is 1. The van der Waals surface area contributed by atoms with E-state index in [-0.39, 0.29) is 36.4 Å². The summed E-state index contributed by atoms with van der Waals surface area (Å²) in [5.74, 6) is 0.753. The fraction of sp³-hybridized carbons (Fsp3) is 0.500. The van der Waals surface area contributed by atoms with Gasteiger partial charge in [0, 0.05) is 39.9 Å². The normalized spacial score (nSPS) is 15.3. The number of hydrogen-bond acceptors (Lipinski definition) is 5. The Morgan fingerprint density at radius 2 is 2.20 bits per heavy atom. The first-order valence-corrected chi connectivity index (χ1v) is 7.74. The number of hydrogen-bond donors (Lipinski definition) is 1. The minimum absolute atomic E-state index is 0. The van der Waals surface area contributed by atoms with Gasteiger partial charge in [-0.05, 0) is 0 Å². The largest absolute Gasteiger partial charge is 0.354 e. The third kappa shape index (κ3) is 4.67. The van der Waals surface area contributed by atoms with Crippen molar-refractivity contribution in [3.8, 4) is 0 Å². The van der Waals surface area contributed by atoms with Crippen LogP contribution >= 0.6 is 24.0 Å². The molecule has 1 amide bonds. The van der Waals surface area contributed by atoms with Gasteiger partial charge in [-0.3, -0.25) is 19.2 Å². The third-order valence-electron chi connectivity index (χ3n) is 3.83. The number of anilines is 1. The smallest absolute Gasteiger partial charge is 0.246 e. The van der Waals surface area contributed by atoms with Crippen LogP contribution in [-0.4, -0.2) is 74.5 Å². The molecule has 1 fully saturated rings. The fourth-order valence-corrected chi connectivity index (χ4v) is 2.64. The summed E-state index contributed by atoms with van der Waals surface area (Å²) in [4.78, 5) is 24.3. The summed E-state index contributed by atoms with van der Waals surface area (Å²) >= 11 is 0. The quantitative estimate of drug-likeness (QED) is 0.378. The third-order valence-corrected chi connectivity index (χ3v) is 3.83. The number of aliphatic imine (C=N–C) groups is 1. The maximum atomic E-state index is 12.4. The van der Waals surface area contributed by atoms with Gasteiger partial charge >= 0.3 is 0 Å². The summed E-state index contributed by atoms with van der Waals surface area (Å²) in [6, 6.07) is 0. The zero-order valence-corrected chi connectivity index (χ0v) is 16.6. The van der Waals surface area contributed by atoms with E-state index in [1.54, 1.807) is 33.8 Å². The van der Waals surface area contributed by atoms with Crippen LogP contribution in [0.15, 0.2) is 30.0 Å². The molecule has 0 unspecified atom stereocenters. The molecule has 1 saturated heterocycles. The van der Waals surface area contributed by atoms with Gasteiger partial charge in [0.1, 0.15) is 19.2 Å². The van der Waals surface area contributed by atoms with Crippen molar-refractivity contribution in [3.63, 3.8) is 0 Å². The molecule has 0 atom stereocenters. The van der Waals surface area contributed by atoms with Crippen molar-refractivity contribution >= 4 is 41.5 Å². The zero-order valence-electron chi connectivity index (χ0n) is 14.2. The first kappa shape index (κ1) is 19.1. The molecule has 0 aliphatic carbocycles. The van der Waals surface area contributed by atoms with Crippen LogP contribution in [0.3, 0.4) is 0 Å². The number of aromatic nitrogens is 5. The first-order valence-electron chi connectivity index (χ1n) is 7.74. The number of nitrogens with one attached hydrogen (secondary N) is 1. The summed E-state index contributed by atoms with van der Waals surface area (Å²) in [7, 11) is 3.56. The van der Waals surface area contributed by atoms with E-state index in [9.17, 15) is 4.79 Å². The Labute approximate surface area is 162 Å².